The van der Waals surface area contributed by atoms with E-state index in [1.165, 1.54) is 57.8 Å². The number of hydrogen-bond acceptors (Lipinski definition) is 1. The maximum atomic E-state index is 5.73. The molecule has 0 fully saturated rings. The Balaban J connectivity index is 0. The Morgan fingerprint density at radius 2 is 1.00 bits per heavy atom. The van der Waals surface area contributed by atoms with Crippen LogP contribution in [0.5, 0.6) is 0 Å². The largest absolute Gasteiger partial charge is 0.376 e. The summed E-state index contributed by atoms with van der Waals surface area (Å²) >= 11 is 0. The van der Waals surface area contributed by atoms with Crippen LogP contribution in [0, 0.1) is 0 Å². The van der Waals surface area contributed by atoms with Gasteiger partial charge in [-0.2, -0.15) is 0 Å². The van der Waals surface area contributed by atoms with Gasteiger partial charge in [0.05, 0.1) is 12.2 Å². The quantitative estimate of drug-likeness (QED) is 0.414. The molecule has 2 unspecified atom stereocenters. The zero-order chi connectivity index (χ0) is 14.2. The summed E-state index contributed by atoms with van der Waals surface area (Å²) < 4.78 is 5.73. The predicted octanol–water partition coefficient (Wildman–Crippen LogP) is 6.36. The summed E-state index contributed by atoms with van der Waals surface area (Å²) in [7, 11) is 0. The Hall–Kier alpha value is -0.0400. The molecule has 0 aromatic rings. The topological polar surface area (TPSA) is 9.23 Å². The molecule has 2 atom stereocenters. The van der Waals surface area contributed by atoms with Crippen LogP contribution in [0.15, 0.2) is 0 Å². The van der Waals surface area contributed by atoms with Crippen molar-refractivity contribution in [1.82, 2.24) is 0 Å². The molecule has 0 radical (unpaired) electrons. The minimum absolute atomic E-state index is 0.446. The molecule has 1 nitrogen and oxygen atoms in total. The molecule has 0 amide bonds. The molecular formula is C17H38O. The SMILES string of the molecule is CCCC(C)OC(C)CCC.CCCCCCC. The normalized spacial score (nSPS) is 13.7. The van der Waals surface area contributed by atoms with Crippen molar-refractivity contribution in [1.29, 1.82) is 0 Å². The van der Waals surface area contributed by atoms with Crippen molar-refractivity contribution in [2.45, 2.75) is 112 Å². The van der Waals surface area contributed by atoms with E-state index in [0.717, 1.165) is 0 Å². The standard InChI is InChI=1S/C10H22O.C7H16/c1-5-7-9(3)11-10(4)8-6-2;1-3-5-7-6-4-2/h9-10H,5-8H2,1-4H3;3-7H2,1-2H3. The number of ether oxygens (including phenoxy) is 1. The summed E-state index contributed by atoms with van der Waals surface area (Å²) in [6.07, 6.45) is 12.7. The first-order valence-corrected chi connectivity index (χ1v) is 8.27. The van der Waals surface area contributed by atoms with E-state index in [9.17, 15) is 0 Å². The van der Waals surface area contributed by atoms with Crippen molar-refractivity contribution < 1.29 is 4.74 Å². The van der Waals surface area contributed by atoms with Crippen molar-refractivity contribution in [2.75, 3.05) is 0 Å². The average Bonchev–Trinajstić information content (AvgIpc) is 2.31. The molecule has 18 heavy (non-hydrogen) atoms. The Kier molecular flexibility index (Phi) is 19.1. The Bertz CT molecular complexity index is 120. The third-order valence-electron chi connectivity index (χ3n) is 3.06. The number of rotatable bonds is 10. The van der Waals surface area contributed by atoms with Gasteiger partial charge in [0.2, 0.25) is 0 Å². The van der Waals surface area contributed by atoms with Gasteiger partial charge in [-0.3, -0.25) is 0 Å². The predicted molar refractivity (Wildman–Crippen MR) is 84.3 cm³/mol. The van der Waals surface area contributed by atoms with Crippen LogP contribution < -0.4 is 0 Å². The molecule has 0 saturated heterocycles. The van der Waals surface area contributed by atoms with Gasteiger partial charge in [-0.1, -0.05) is 72.6 Å². The Morgan fingerprint density at radius 1 is 0.611 bits per heavy atom. The van der Waals surface area contributed by atoms with E-state index < -0.39 is 0 Å². The zero-order valence-corrected chi connectivity index (χ0v) is 13.9. The lowest BCUT2D eigenvalue weighted by molar-refractivity contribution is -0.000491. The minimum Gasteiger partial charge on any atom is -0.376 e. The van der Waals surface area contributed by atoms with Crippen LogP contribution >= 0.6 is 0 Å². The highest BCUT2D eigenvalue weighted by molar-refractivity contribution is 4.54. The summed E-state index contributed by atoms with van der Waals surface area (Å²) in [5, 5.41) is 0. The first-order chi connectivity index (χ1) is 8.62. The summed E-state index contributed by atoms with van der Waals surface area (Å²) in [5.74, 6) is 0. The number of unbranched alkanes of at least 4 members (excludes halogenated alkanes) is 4. The molecule has 0 aromatic heterocycles. The lowest BCUT2D eigenvalue weighted by Crippen LogP contribution is -2.16. The summed E-state index contributed by atoms with van der Waals surface area (Å²) in [6.45, 7) is 13.2. The van der Waals surface area contributed by atoms with Crippen molar-refractivity contribution >= 4 is 0 Å². The summed E-state index contributed by atoms with van der Waals surface area (Å²) in [4.78, 5) is 0. The van der Waals surface area contributed by atoms with Gasteiger partial charge >= 0.3 is 0 Å². The summed E-state index contributed by atoms with van der Waals surface area (Å²) in [6, 6.07) is 0. The molecule has 0 spiro atoms. The van der Waals surface area contributed by atoms with Gasteiger partial charge in [-0.05, 0) is 26.7 Å². The fourth-order valence-corrected chi connectivity index (χ4v) is 2.02. The van der Waals surface area contributed by atoms with Crippen LogP contribution in [0.3, 0.4) is 0 Å². The first-order valence-electron chi connectivity index (χ1n) is 8.27. The van der Waals surface area contributed by atoms with Crippen molar-refractivity contribution in [3.05, 3.63) is 0 Å². The maximum Gasteiger partial charge on any atom is 0.0550 e. The van der Waals surface area contributed by atoms with E-state index in [0.29, 0.717) is 12.2 Å². The van der Waals surface area contributed by atoms with Gasteiger partial charge in [0.25, 0.3) is 0 Å². The second-order valence-electron chi connectivity index (χ2n) is 5.40. The van der Waals surface area contributed by atoms with Crippen molar-refractivity contribution in [3.8, 4) is 0 Å². The van der Waals surface area contributed by atoms with Gasteiger partial charge in [-0.15, -0.1) is 0 Å². The molecule has 0 bridgehead atoms. The lowest BCUT2D eigenvalue weighted by atomic mass is 10.2. The Labute approximate surface area is 117 Å². The van der Waals surface area contributed by atoms with E-state index in [1.807, 2.05) is 0 Å². The van der Waals surface area contributed by atoms with Crippen molar-refractivity contribution in [3.63, 3.8) is 0 Å². The first kappa shape index (κ1) is 20.3. The molecule has 112 valence electrons. The van der Waals surface area contributed by atoms with E-state index in [4.69, 9.17) is 4.74 Å². The molecule has 0 aromatic carbocycles. The number of hydrogen-bond donors (Lipinski definition) is 0. The van der Waals surface area contributed by atoms with Crippen molar-refractivity contribution in [2.24, 2.45) is 0 Å². The molecule has 0 N–H and O–H groups in total. The second kappa shape index (κ2) is 17.0. The van der Waals surface area contributed by atoms with E-state index >= 15 is 0 Å². The lowest BCUT2D eigenvalue weighted by Gasteiger charge is -2.17. The smallest absolute Gasteiger partial charge is 0.0550 e. The highest BCUT2D eigenvalue weighted by Gasteiger charge is 2.05. The minimum atomic E-state index is 0.446. The average molecular weight is 258 g/mol. The van der Waals surface area contributed by atoms with Crippen LogP contribution in [-0.2, 0) is 4.74 Å². The van der Waals surface area contributed by atoms with Crippen LogP contribution in [0.2, 0.25) is 0 Å². The zero-order valence-electron chi connectivity index (χ0n) is 13.9. The third kappa shape index (κ3) is 18.3. The molecule has 0 saturated carbocycles. The van der Waals surface area contributed by atoms with Gasteiger partial charge in [0.15, 0.2) is 0 Å². The molecule has 0 heterocycles. The highest BCUT2D eigenvalue weighted by Crippen LogP contribution is 2.08. The fourth-order valence-electron chi connectivity index (χ4n) is 2.02. The van der Waals surface area contributed by atoms with E-state index in [1.54, 1.807) is 0 Å². The fraction of sp³-hybridized carbons (Fsp3) is 1.00. The molecule has 0 aliphatic carbocycles. The van der Waals surface area contributed by atoms with E-state index in [-0.39, 0.29) is 0 Å². The molecule has 1 heteroatoms. The monoisotopic (exact) mass is 258 g/mol. The molecule has 0 aliphatic heterocycles. The molecule has 0 aliphatic rings. The summed E-state index contributed by atoms with van der Waals surface area (Å²) in [5.41, 5.74) is 0. The van der Waals surface area contributed by atoms with Crippen LogP contribution in [-0.4, -0.2) is 12.2 Å². The van der Waals surface area contributed by atoms with Gasteiger partial charge < -0.3 is 4.74 Å². The van der Waals surface area contributed by atoms with Gasteiger partial charge in [-0.25, -0.2) is 0 Å². The second-order valence-corrected chi connectivity index (χ2v) is 5.40. The molecular weight excluding hydrogens is 220 g/mol. The van der Waals surface area contributed by atoms with E-state index in [2.05, 4.69) is 41.5 Å². The van der Waals surface area contributed by atoms with Crippen LogP contribution in [0.1, 0.15) is 99.3 Å². The maximum absolute atomic E-state index is 5.73. The Morgan fingerprint density at radius 3 is 1.28 bits per heavy atom. The highest BCUT2D eigenvalue weighted by atomic mass is 16.5. The van der Waals surface area contributed by atoms with Crippen LogP contribution in [0.25, 0.3) is 0 Å². The third-order valence-corrected chi connectivity index (χ3v) is 3.06. The van der Waals surface area contributed by atoms with Gasteiger partial charge in [0.1, 0.15) is 0 Å². The molecule has 0 rings (SSSR count). The van der Waals surface area contributed by atoms with Crippen LogP contribution in [0.4, 0.5) is 0 Å². The van der Waals surface area contributed by atoms with Gasteiger partial charge in [0, 0.05) is 0 Å².